The minimum Gasteiger partial charge on any atom is -0.495 e. The number of nitrogen functional groups attached to an aromatic ring is 1. The van der Waals surface area contributed by atoms with Crippen molar-refractivity contribution in [1.29, 1.82) is 0 Å². The molecule has 1 heterocycles. The van der Waals surface area contributed by atoms with Gasteiger partial charge in [-0.2, -0.15) is 4.98 Å². The Hall–Kier alpha value is -3.28. The lowest BCUT2D eigenvalue weighted by Crippen LogP contribution is -2.04. The maximum absolute atomic E-state index is 6.15. The highest BCUT2D eigenvalue weighted by Gasteiger charge is 2.12. The van der Waals surface area contributed by atoms with Gasteiger partial charge in [0.2, 0.25) is 5.88 Å². The van der Waals surface area contributed by atoms with Gasteiger partial charge < -0.3 is 20.5 Å². The van der Waals surface area contributed by atoms with Crippen molar-refractivity contribution in [2.24, 2.45) is 0 Å². The number of benzene rings is 2. The summed E-state index contributed by atoms with van der Waals surface area (Å²) in [5, 5.41) is 3.15. The van der Waals surface area contributed by atoms with Crippen molar-refractivity contribution in [2.45, 2.75) is 6.92 Å². The number of nitrogens with zero attached hydrogens (tertiary/aromatic N) is 2. The summed E-state index contributed by atoms with van der Waals surface area (Å²) >= 11 is 0. The summed E-state index contributed by atoms with van der Waals surface area (Å²) in [5.41, 5.74) is 8.38. The fourth-order valence-corrected chi connectivity index (χ4v) is 2.15. The number of hydrogen-bond acceptors (Lipinski definition) is 6. The van der Waals surface area contributed by atoms with Gasteiger partial charge in [-0.05, 0) is 31.2 Å². The molecule has 0 aliphatic rings. The van der Waals surface area contributed by atoms with Crippen LogP contribution in [0.3, 0.4) is 0 Å². The molecule has 6 heteroatoms. The molecule has 0 aliphatic carbocycles. The normalized spacial score (nSPS) is 10.2. The summed E-state index contributed by atoms with van der Waals surface area (Å²) in [5.74, 6) is 2.11. The number of hydrogen-bond donors (Lipinski definition) is 2. The second-order valence-corrected chi connectivity index (χ2v) is 5.18. The van der Waals surface area contributed by atoms with Crippen LogP contribution in [-0.2, 0) is 0 Å². The molecule has 6 nitrogen and oxygen atoms in total. The summed E-state index contributed by atoms with van der Waals surface area (Å²) in [6.45, 7) is 2.01. The monoisotopic (exact) mass is 322 g/mol. The molecule has 0 spiro atoms. The second-order valence-electron chi connectivity index (χ2n) is 5.18. The number of rotatable bonds is 5. The Bertz CT molecular complexity index is 835. The highest BCUT2D eigenvalue weighted by molar-refractivity contribution is 5.74. The summed E-state index contributed by atoms with van der Waals surface area (Å²) in [7, 11) is 1.61. The van der Waals surface area contributed by atoms with Crippen LogP contribution in [0.5, 0.6) is 17.4 Å². The molecular formula is C18H18N4O2. The largest absolute Gasteiger partial charge is 0.495 e. The van der Waals surface area contributed by atoms with E-state index in [1.807, 2.05) is 55.5 Å². The number of aryl methyl sites for hydroxylation is 1. The van der Waals surface area contributed by atoms with Gasteiger partial charge in [0.1, 0.15) is 23.5 Å². The Morgan fingerprint density at radius 3 is 2.50 bits per heavy atom. The number of ether oxygens (including phenoxy) is 2. The third-order valence-electron chi connectivity index (χ3n) is 3.44. The zero-order valence-electron chi connectivity index (χ0n) is 13.5. The van der Waals surface area contributed by atoms with Crippen LogP contribution in [0, 0.1) is 6.92 Å². The number of methoxy groups -OCH3 is 1. The molecule has 0 unspecified atom stereocenters. The summed E-state index contributed by atoms with van der Waals surface area (Å²) < 4.78 is 11.1. The fraction of sp³-hybridized carbons (Fsp3) is 0.111. The van der Waals surface area contributed by atoms with Crippen LogP contribution < -0.4 is 20.5 Å². The van der Waals surface area contributed by atoms with Crippen LogP contribution in [0.1, 0.15) is 5.56 Å². The molecule has 2 aromatic carbocycles. The first-order valence-electron chi connectivity index (χ1n) is 7.42. The van der Waals surface area contributed by atoms with Gasteiger partial charge >= 0.3 is 0 Å². The Kier molecular flexibility index (Phi) is 4.47. The molecule has 0 amide bonds. The standard InChI is InChI=1S/C18H18N4O2/c1-12-7-9-13(10-8-12)24-18-16(19)17(20-11-21-18)22-14-5-3-4-6-15(14)23-2/h3-11H,19H2,1-2H3,(H,20,21,22). The van der Waals surface area contributed by atoms with E-state index in [-0.39, 0.29) is 0 Å². The third kappa shape index (κ3) is 3.38. The van der Waals surface area contributed by atoms with Crippen LogP contribution in [0.2, 0.25) is 0 Å². The van der Waals surface area contributed by atoms with Crippen LogP contribution >= 0.6 is 0 Å². The number of para-hydroxylation sites is 2. The van der Waals surface area contributed by atoms with Gasteiger partial charge in [0, 0.05) is 0 Å². The van der Waals surface area contributed by atoms with Crippen molar-refractivity contribution < 1.29 is 9.47 Å². The average Bonchev–Trinajstić information content (AvgIpc) is 2.61. The molecule has 24 heavy (non-hydrogen) atoms. The predicted octanol–water partition coefficient (Wildman–Crippen LogP) is 3.91. The van der Waals surface area contributed by atoms with Crippen molar-refractivity contribution in [2.75, 3.05) is 18.2 Å². The minimum atomic E-state index is 0.297. The van der Waals surface area contributed by atoms with Crippen LogP contribution in [0.15, 0.2) is 54.9 Å². The number of anilines is 3. The van der Waals surface area contributed by atoms with E-state index in [1.54, 1.807) is 7.11 Å². The fourth-order valence-electron chi connectivity index (χ4n) is 2.15. The molecule has 0 radical (unpaired) electrons. The Balaban J connectivity index is 1.86. The minimum absolute atomic E-state index is 0.297. The van der Waals surface area contributed by atoms with Crippen molar-refractivity contribution in [3.05, 3.63) is 60.4 Å². The van der Waals surface area contributed by atoms with E-state index in [0.717, 1.165) is 11.3 Å². The quantitative estimate of drug-likeness (QED) is 0.741. The zero-order valence-corrected chi connectivity index (χ0v) is 13.5. The number of nitrogens with two attached hydrogens (primary N) is 1. The molecule has 0 atom stereocenters. The van der Waals surface area contributed by atoms with Gasteiger partial charge in [-0.1, -0.05) is 29.8 Å². The van der Waals surface area contributed by atoms with Gasteiger partial charge in [0.25, 0.3) is 0 Å². The lowest BCUT2D eigenvalue weighted by atomic mass is 10.2. The zero-order chi connectivity index (χ0) is 16.9. The Morgan fingerprint density at radius 2 is 1.75 bits per heavy atom. The average molecular weight is 322 g/mol. The third-order valence-corrected chi connectivity index (χ3v) is 3.44. The molecule has 0 fully saturated rings. The molecule has 3 rings (SSSR count). The Labute approximate surface area is 140 Å². The van der Waals surface area contributed by atoms with Gasteiger partial charge in [-0.15, -0.1) is 0 Å². The highest BCUT2D eigenvalue weighted by atomic mass is 16.5. The van der Waals surface area contributed by atoms with Crippen LogP contribution in [-0.4, -0.2) is 17.1 Å². The summed E-state index contributed by atoms with van der Waals surface area (Å²) in [6, 6.07) is 15.2. The predicted molar refractivity (Wildman–Crippen MR) is 94.0 cm³/mol. The van der Waals surface area contributed by atoms with E-state index in [2.05, 4.69) is 15.3 Å². The molecule has 0 bridgehead atoms. The molecule has 0 saturated heterocycles. The molecule has 0 saturated carbocycles. The van der Waals surface area contributed by atoms with E-state index in [9.17, 15) is 0 Å². The van der Waals surface area contributed by atoms with Crippen LogP contribution in [0.25, 0.3) is 0 Å². The maximum Gasteiger partial charge on any atom is 0.248 e. The molecule has 3 N–H and O–H groups in total. The van der Waals surface area contributed by atoms with E-state index in [1.165, 1.54) is 6.33 Å². The van der Waals surface area contributed by atoms with Gasteiger partial charge in [0.05, 0.1) is 12.8 Å². The molecule has 3 aromatic rings. The first kappa shape index (κ1) is 15.6. The van der Waals surface area contributed by atoms with Gasteiger partial charge in [0.15, 0.2) is 5.82 Å². The van der Waals surface area contributed by atoms with Crippen molar-refractivity contribution in [1.82, 2.24) is 9.97 Å². The van der Waals surface area contributed by atoms with Gasteiger partial charge in [-0.25, -0.2) is 4.98 Å². The van der Waals surface area contributed by atoms with E-state index in [4.69, 9.17) is 15.2 Å². The van der Waals surface area contributed by atoms with E-state index < -0.39 is 0 Å². The van der Waals surface area contributed by atoms with E-state index >= 15 is 0 Å². The summed E-state index contributed by atoms with van der Waals surface area (Å²) in [6.07, 6.45) is 1.40. The molecular weight excluding hydrogens is 304 g/mol. The first-order valence-corrected chi connectivity index (χ1v) is 7.42. The SMILES string of the molecule is COc1ccccc1Nc1ncnc(Oc2ccc(C)cc2)c1N. The van der Waals surface area contributed by atoms with Crippen LogP contribution in [0.4, 0.5) is 17.2 Å². The number of nitrogens with one attached hydrogen (secondary N) is 1. The van der Waals surface area contributed by atoms with Crippen molar-refractivity contribution >= 4 is 17.2 Å². The topological polar surface area (TPSA) is 82.3 Å². The molecule has 0 aliphatic heterocycles. The smallest absolute Gasteiger partial charge is 0.248 e. The maximum atomic E-state index is 6.15. The molecule has 122 valence electrons. The highest BCUT2D eigenvalue weighted by Crippen LogP contribution is 2.33. The molecule has 1 aromatic heterocycles. The van der Waals surface area contributed by atoms with Crippen molar-refractivity contribution in [3.8, 4) is 17.4 Å². The lowest BCUT2D eigenvalue weighted by molar-refractivity contribution is 0.417. The first-order chi connectivity index (χ1) is 11.7. The number of aromatic nitrogens is 2. The second kappa shape index (κ2) is 6.87. The van der Waals surface area contributed by atoms with E-state index in [0.29, 0.717) is 28.9 Å². The Morgan fingerprint density at radius 1 is 1.00 bits per heavy atom. The lowest BCUT2D eigenvalue weighted by Gasteiger charge is -2.13. The van der Waals surface area contributed by atoms with Gasteiger partial charge in [-0.3, -0.25) is 0 Å². The summed E-state index contributed by atoms with van der Waals surface area (Å²) in [4.78, 5) is 8.29. The van der Waals surface area contributed by atoms with Crippen molar-refractivity contribution in [3.63, 3.8) is 0 Å².